The second kappa shape index (κ2) is 6.77. The summed E-state index contributed by atoms with van der Waals surface area (Å²) in [4.78, 5) is 6.46. The van der Waals surface area contributed by atoms with E-state index in [1.807, 2.05) is 19.3 Å². The number of imidazole rings is 1. The molecular formula is C13H26N4. The Balaban J connectivity index is 2.34. The third-order valence-electron chi connectivity index (χ3n) is 3.05. The number of aromatic nitrogens is 2. The minimum absolute atomic E-state index is 0.550. The molecular weight excluding hydrogens is 212 g/mol. The smallest absolute Gasteiger partial charge is 0.105 e. The van der Waals surface area contributed by atoms with Crippen molar-refractivity contribution in [2.75, 3.05) is 27.2 Å². The first kappa shape index (κ1) is 14.2. The second-order valence-corrected chi connectivity index (χ2v) is 5.23. The highest BCUT2D eigenvalue weighted by atomic mass is 15.1. The third-order valence-corrected chi connectivity index (χ3v) is 3.05. The van der Waals surface area contributed by atoms with E-state index in [9.17, 15) is 0 Å². The number of rotatable bonds is 7. The minimum atomic E-state index is 0.550. The molecule has 1 N–H and O–H groups in total. The summed E-state index contributed by atoms with van der Waals surface area (Å²) < 4.78 is 2.18. The van der Waals surface area contributed by atoms with Gasteiger partial charge in [-0.05, 0) is 26.9 Å². The molecule has 4 heteroatoms. The van der Waals surface area contributed by atoms with Gasteiger partial charge in [-0.25, -0.2) is 4.98 Å². The Morgan fingerprint density at radius 2 is 2.12 bits per heavy atom. The lowest BCUT2D eigenvalue weighted by Crippen LogP contribution is -2.43. The number of hydrogen-bond acceptors (Lipinski definition) is 3. The molecule has 0 radical (unpaired) electrons. The molecule has 1 atom stereocenters. The highest BCUT2D eigenvalue weighted by Gasteiger charge is 2.13. The first-order valence-electron chi connectivity index (χ1n) is 6.36. The molecule has 0 saturated carbocycles. The van der Waals surface area contributed by atoms with Gasteiger partial charge in [0.25, 0.3) is 0 Å². The van der Waals surface area contributed by atoms with E-state index in [4.69, 9.17) is 0 Å². The topological polar surface area (TPSA) is 33.1 Å². The summed E-state index contributed by atoms with van der Waals surface area (Å²) in [5.41, 5.74) is 0. The summed E-state index contributed by atoms with van der Waals surface area (Å²) in [6, 6.07) is 0.550. The van der Waals surface area contributed by atoms with Crippen molar-refractivity contribution >= 4 is 0 Å². The molecule has 0 bridgehead atoms. The van der Waals surface area contributed by atoms with Gasteiger partial charge in [0, 0.05) is 38.1 Å². The maximum Gasteiger partial charge on any atom is 0.105 e. The van der Waals surface area contributed by atoms with Crippen LogP contribution in [0, 0.1) is 12.8 Å². The first-order valence-corrected chi connectivity index (χ1v) is 6.36. The molecule has 0 aliphatic rings. The third kappa shape index (κ3) is 4.88. The normalized spacial score (nSPS) is 13.6. The lowest BCUT2D eigenvalue weighted by Gasteiger charge is -2.25. The van der Waals surface area contributed by atoms with E-state index in [1.165, 1.54) is 0 Å². The Morgan fingerprint density at radius 3 is 2.59 bits per heavy atom. The molecule has 0 saturated heterocycles. The molecule has 0 aliphatic heterocycles. The van der Waals surface area contributed by atoms with Gasteiger partial charge in [-0.1, -0.05) is 13.8 Å². The van der Waals surface area contributed by atoms with E-state index in [1.54, 1.807) is 0 Å². The Hall–Kier alpha value is -0.870. The van der Waals surface area contributed by atoms with Crippen LogP contribution in [-0.4, -0.2) is 47.7 Å². The average molecular weight is 238 g/mol. The minimum Gasteiger partial charge on any atom is -0.334 e. The van der Waals surface area contributed by atoms with Crippen LogP contribution in [0.25, 0.3) is 0 Å². The van der Waals surface area contributed by atoms with Crippen LogP contribution in [0.1, 0.15) is 19.7 Å². The Morgan fingerprint density at radius 1 is 1.41 bits per heavy atom. The van der Waals surface area contributed by atoms with Gasteiger partial charge in [-0.15, -0.1) is 0 Å². The molecule has 1 rings (SSSR count). The zero-order valence-corrected chi connectivity index (χ0v) is 11.8. The molecule has 0 aromatic carbocycles. The highest BCUT2D eigenvalue weighted by molar-refractivity contribution is 4.88. The van der Waals surface area contributed by atoms with E-state index in [0.717, 1.165) is 25.5 Å². The van der Waals surface area contributed by atoms with Crippen LogP contribution in [0.2, 0.25) is 0 Å². The van der Waals surface area contributed by atoms with Gasteiger partial charge in [-0.3, -0.25) is 0 Å². The van der Waals surface area contributed by atoms with Gasteiger partial charge in [0.15, 0.2) is 0 Å². The monoisotopic (exact) mass is 238 g/mol. The van der Waals surface area contributed by atoms with Gasteiger partial charge in [-0.2, -0.15) is 0 Å². The second-order valence-electron chi connectivity index (χ2n) is 5.23. The van der Waals surface area contributed by atoms with Crippen LogP contribution in [0.5, 0.6) is 0 Å². The molecule has 0 amide bonds. The quantitative estimate of drug-likeness (QED) is 0.779. The van der Waals surface area contributed by atoms with Crippen molar-refractivity contribution in [2.45, 2.75) is 33.4 Å². The SMILES string of the molecule is Cc1nccn1CCNC(CN(C)C)C(C)C. The predicted octanol–water partition coefficient (Wildman–Crippen LogP) is 1.37. The maximum atomic E-state index is 4.22. The fourth-order valence-corrected chi connectivity index (χ4v) is 1.91. The first-order chi connectivity index (χ1) is 8.00. The molecule has 1 aromatic heterocycles. The number of hydrogen-bond donors (Lipinski definition) is 1. The molecule has 0 spiro atoms. The van der Waals surface area contributed by atoms with Crippen LogP contribution in [0.4, 0.5) is 0 Å². The Kier molecular flexibility index (Phi) is 5.65. The lowest BCUT2D eigenvalue weighted by atomic mass is 10.0. The maximum absolute atomic E-state index is 4.22. The van der Waals surface area contributed by atoms with Crippen molar-refractivity contribution in [1.29, 1.82) is 0 Å². The number of nitrogens with one attached hydrogen (secondary N) is 1. The molecule has 0 fully saturated rings. The summed E-state index contributed by atoms with van der Waals surface area (Å²) in [5, 5.41) is 3.63. The summed E-state index contributed by atoms with van der Waals surface area (Å²) in [5.74, 6) is 1.74. The average Bonchev–Trinajstić information content (AvgIpc) is 2.62. The number of likely N-dealkylation sites (N-methyl/N-ethyl adjacent to an activating group) is 1. The predicted molar refractivity (Wildman–Crippen MR) is 72.1 cm³/mol. The molecule has 1 unspecified atom stereocenters. The summed E-state index contributed by atoms with van der Waals surface area (Å²) in [6.07, 6.45) is 3.89. The fraction of sp³-hybridized carbons (Fsp3) is 0.769. The van der Waals surface area contributed by atoms with Gasteiger partial charge >= 0.3 is 0 Å². The molecule has 0 aliphatic carbocycles. The van der Waals surface area contributed by atoms with Crippen LogP contribution < -0.4 is 5.32 Å². The van der Waals surface area contributed by atoms with Crippen molar-refractivity contribution in [3.8, 4) is 0 Å². The Bertz CT molecular complexity index is 317. The van der Waals surface area contributed by atoms with Crippen molar-refractivity contribution in [2.24, 2.45) is 5.92 Å². The van der Waals surface area contributed by atoms with Crippen molar-refractivity contribution in [3.05, 3.63) is 18.2 Å². The van der Waals surface area contributed by atoms with Gasteiger partial charge in [0.05, 0.1) is 0 Å². The van der Waals surface area contributed by atoms with Crippen LogP contribution >= 0.6 is 0 Å². The summed E-state index contributed by atoms with van der Waals surface area (Å²) >= 11 is 0. The van der Waals surface area contributed by atoms with Crippen molar-refractivity contribution < 1.29 is 0 Å². The van der Waals surface area contributed by atoms with Crippen LogP contribution in [0.15, 0.2) is 12.4 Å². The molecule has 98 valence electrons. The standard InChI is InChI=1S/C13H26N4/c1-11(2)13(10-16(4)5)15-7-9-17-8-6-14-12(17)3/h6,8,11,13,15H,7,9-10H2,1-5H3. The van der Waals surface area contributed by atoms with Gasteiger partial charge < -0.3 is 14.8 Å². The molecule has 17 heavy (non-hydrogen) atoms. The van der Waals surface area contributed by atoms with Gasteiger partial charge in [0.1, 0.15) is 5.82 Å². The van der Waals surface area contributed by atoms with E-state index < -0.39 is 0 Å². The molecule has 4 nitrogen and oxygen atoms in total. The van der Waals surface area contributed by atoms with Crippen molar-refractivity contribution in [1.82, 2.24) is 19.8 Å². The zero-order valence-electron chi connectivity index (χ0n) is 11.8. The van der Waals surface area contributed by atoms with Crippen LogP contribution in [0.3, 0.4) is 0 Å². The molecule has 1 heterocycles. The largest absolute Gasteiger partial charge is 0.334 e. The Labute approximate surface area is 105 Å². The van der Waals surface area contributed by atoms with Crippen molar-refractivity contribution in [3.63, 3.8) is 0 Å². The summed E-state index contributed by atoms with van der Waals surface area (Å²) in [7, 11) is 4.24. The lowest BCUT2D eigenvalue weighted by molar-refractivity contribution is 0.287. The van der Waals surface area contributed by atoms with E-state index in [2.05, 4.69) is 47.7 Å². The molecule has 1 aromatic rings. The highest BCUT2D eigenvalue weighted by Crippen LogP contribution is 2.02. The number of aryl methyl sites for hydroxylation is 1. The fourth-order valence-electron chi connectivity index (χ4n) is 1.91. The van der Waals surface area contributed by atoms with E-state index in [0.29, 0.717) is 12.0 Å². The van der Waals surface area contributed by atoms with E-state index in [-0.39, 0.29) is 0 Å². The zero-order chi connectivity index (χ0) is 12.8. The summed E-state index contributed by atoms with van der Waals surface area (Å²) in [6.45, 7) is 9.64. The van der Waals surface area contributed by atoms with E-state index >= 15 is 0 Å². The number of nitrogens with zero attached hydrogens (tertiary/aromatic N) is 3. The van der Waals surface area contributed by atoms with Gasteiger partial charge in [0.2, 0.25) is 0 Å². The van der Waals surface area contributed by atoms with Crippen LogP contribution in [-0.2, 0) is 6.54 Å².